The Balaban J connectivity index is 1.86. The number of nitrogens with one attached hydrogen (secondary N) is 1. The largest absolute Gasteiger partial charge is 0.491 e. The summed E-state index contributed by atoms with van der Waals surface area (Å²) in [7, 11) is -3.23. The van der Waals surface area contributed by atoms with Gasteiger partial charge in [-0.1, -0.05) is 12.1 Å². The molecule has 1 heterocycles. The molecule has 0 aromatic heterocycles. The molecule has 1 amide bonds. The first-order valence-electron chi connectivity index (χ1n) is 8.24. The minimum atomic E-state index is -3.23. The summed E-state index contributed by atoms with van der Waals surface area (Å²) in [6, 6.07) is 7.60. The molecule has 1 aliphatic rings. The zero-order chi connectivity index (χ0) is 17.7. The SMILES string of the molecule is CC(C)Oc1ccc(CNC(=O)C2CCCN(S(C)(=O)=O)C2)cc1. The summed E-state index contributed by atoms with van der Waals surface area (Å²) in [5.41, 5.74) is 0.982. The Kier molecular flexibility index (Phi) is 6.23. The van der Waals surface area contributed by atoms with E-state index >= 15 is 0 Å². The molecule has 1 aromatic rings. The maximum absolute atomic E-state index is 12.3. The van der Waals surface area contributed by atoms with E-state index in [-0.39, 0.29) is 24.5 Å². The van der Waals surface area contributed by atoms with Gasteiger partial charge in [-0.3, -0.25) is 4.79 Å². The molecule has 0 bridgehead atoms. The van der Waals surface area contributed by atoms with Crippen molar-refractivity contribution < 1.29 is 17.9 Å². The van der Waals surface area contributed by atoms with Crippen molar-refractivity contribution in [3.8, 4) is 5.75 Å². The molecule has 1 saturated heterocycles. The lowest BCUT2D eigenvalue weighted by molar-refractivity contribution is -0.126. The minimum absolute atomic E-state index is 0.0918. The summed E-state index contributed by atoms with van der Waals surface area (Å²) < 4.78 is 30.2. The molecule has 24 heavy (non-hydrogen) atoms. The first-order valence-corrected chi connectivity index (χ1v) is 10.1. The van der Waals surface area contributed by atoms with Crippen molar-refractivity contribution in [1.29, 1.82) is 0 Å². The Hall–Kier alpha value is -1.60. The maximum atomic E-state index is 12.3. The number of amides is 1. The zero-order valence-corrected chi connectivity index (χ0v) is 15.3. The lowest BCUT2D eigenvalue weighted by Crippen LogP contribution is -2.44. The maximum Gasteiger partial charge on any atom is 0.224 e. The normalized spacial score (nSPS) is 19.2. The predicted molar refractivity (Wildman–Crippen MR) is 93.2 cm³/mol. The van der Waals surface area contributed by atoms with Crippen molar-refractivity contribution in [2.75, 3.05) is 19.3 Å². The highest BCUT2D eigenvalue weighted by atomic mass is 32.2. The van der Waals surface area contributed by atoms with Crippen molar-refractivity contribution in [3.63, 3.8) is 0 Å². The van der Waals surface area contributed by atoms with Crippen molar-refractivity contribution in [3.05, 3.63) is 29.8 Å². The summed E-state index contributed by atoms with van der Waals surface area (Å²) in [5.74, 6) is 0.430. The van der Waals surface area contributed by atoms with Crippen LogP contribution in [0.2, 0.25) is 0 Å². The molecule has 6 nitrogen and oxygen atoms in total. The highest BCUT2D eigenvalue weighted by Gasteiger charge is 2.29. The van der Waals surface area contributed by atoms with Crippen molar-refractivity contribution in [2.24, 2.45) is 5.92 Å². The van der Waals surface area contributed by atoms with Gasteiger partial charge in [0.2, 0.25) is 15.9 Å². The van der Waals surface area contributed by atoms with Gasteiger partial charge in [0.25, 0.3) is 0 Å². The molecule has 0 spiro atoms. The molecule has 1 aromatic carbocycles. The second-order valence-corrected chi connectivity index (χ2v) is 8.47. The topological polar surface area (TPSA) is 75.7 Å². The van der Waals surface area contributed by atoms with Gasteiger partial charge < -0.3 is 10.1 Å². The van der Waals surface area contributed by atoms with E-state index in [1.54, 1.807) is 0 Å². The van der Waals surface area contributed by atoms with E-state index in [9.17, 15) is 13.2 Å². The van der Waals surface area contributed by atoms with Crippen LogP contribution in [0.3, 0.4) is 0 Å². The molecule has 0 radical (unpaired) electrons. The standard InChI is InChI=1S/C17H26N2O4S/c1-13(2)23-16-8-6-14(7-9-16)11-18-17(20)15-5-4-10-19(12-15)24(3,21)22/h6-9,13,15H,4-5,10-12H2,1-3H3,(H,18,20). The molecular weight excluding hydrogens is 328 g/mol. The van der Waals surface area contributed by atoms with Crippen LogP contribution in [0.4, 0.5) is 0 Å². The van der Waals surface area contributed by atoms with Crippen LogP contribution in [0.25, 0.3) is 0 Å². The van der Waals surface area contributed by atoms with Crippen molar-refractivity contribution >= 4 is 15.9 Å². The average molecular weight is 354 g/mol. The average Bonchev–Trinajstić information content (AvgIpc) is 2.53. The monoisotopic (exact) mass is 354 g/mol. The van der Waals surface area contributed by atoms with E-state index in [2.05, 4.69) is 5.32 Å². The summed E-state index contributed by atoms with van der Waals surface area (Å²) in [5, 5.41) is 2.90. The number of carbonyl (C=O) groups is 1. The quantitative estimate of drug-likeness (QED) is 0.845. The van der Waals surface area contributed by atoms with Crippen LogP contribution in [-0.4, -0.2) is 44.1 Å². The number of nitrogens with zero attached hydrogens (tertiary/aromatic N) is 1. The molecular formula is C17H26N2O4S. The number of piperidine rings is 1. The number of ether oxygens (including phenoxy) is 1. The summed E-state index contributed by atoms with van der Waals surface area (Å²) in [4.78, 5) is 12.3. The molecule has 134 valence electrons. The molecule has 1 aliphatic heterocycles. The zero-order valence-electron chi connectivity index (χ0n) is 14.5. The highest BCUT2D eigenvalue weighted by molar-refractivity contribution is 7.88. The van der Waals surface area contributed by atoms with Gasteiger partial charge in [-0.2, -0.15) is 0 Å². The minimum Gasteiger partial charge on any atom is -0.491 e. The summed E-state index contributed by atoms with van der Waals surface area (Å²) >= 11 is 0. The van der Waals surface area contributed by atoms with Crippen LogP contribution < -0.4 is 10.1 Å². The summed E-state index contributed by atoms with van der Waals surface area (Å²) in [6.07, 6.45) is 2.75. The Morgan fingerprint density at radius 3 is 2.58 bits per heavy atom. The Labute approximate surface area is 144 Å². The number of carbonyl (C=O) groups excluding carboxylic acids is 1. The van der Waals surface area contributed by atoms with Gasteiger partial charge in [0.05, 0.1) is 18.3 Å². The Morgan fingerprint density at radius 2 is 2.00 bits per heavy atom. The van der Waals surface area contributed by atoms with E-state index in [0.717, 1.165) is 17.7 Å². The van der Waals surface area contributed by atoms with Gasteiger partial charge >= 0.3 is 0 Å². The van der Waals surface area contributed by atoms with Crippen LogP contribution in [0.15, 0.2) is 24.3 Å². The van der Waals surface area contributed by atoms with Gasteiger partial charge in [-0.15, -0.1) is 0 Å². The molecule has 2 rings (SSSR count). The molecule has 7 heteroatoms. The molecule has 1 N–H and O–H groups in total. The smallest absolute Gasteiger partial charge is 0.224 e. The van der Waals surface area contributed by atoms with Gasteiger partial charge in [-0.05, 0) is 44.4 Å². The van der Waals surface area contributed by atoms with Gasteiger partial charge in [0, 0.05) is 19.6 Å². The molecule has 0 saturated carbocycles. The van der Waals surface area contributed by atoms with E-state index in [1.807, 2.05) is 38.1 Å². The van der Waals surface area contributed by atoms with E-state index < -0.39 is 10.0 Å². The molecule has 1 unspecified atom stereocenters. The number of rotatable bonds is 6. The van der Waals surface area contributed by atoms with E-state index in [4.69, 9.17) is 4.74 Å². The van der Waals surface area contributed by atoms with E-state index in [1.165, 1.54) is 10.6 Å². The molecule has 1 fully saturated rings. The fourth-order valence-corrected chi connectivity index (χ4v) is 3.66. The lowest BCUT2D eigenvalue weighted by Gasteiger charge is -2.30. The number of hydrogen-bond donors (Lipinski definition) is 1. The van der Waals surface area contributed by atoms with Crippen LogP contribution >= 0.6 is 0 Å². The molecule has 0 aliphatic carbocycles. The second-order valence-electron chi connectivity index (χ2n) is 6.49. The Bertz CT molecular complexity index is 656. The van der Waals surface area contributed by atoms with E-state index in [0.29, 0.717) is 19.5 Å². The van der Waals surface area contributed by atoms with Crippen LogP contribution in [-0.2, 0) is 21.4 Å². The third-order valence-electron chi connectivity index (χ3n) is 3.99. The van der Waals surface area contributed by atoms with Gasteiger partial charge in [0.1, 0.15) is 5.75 Å². The fourth-order valence-electron chi connectivity index (χ4n) is 2.75. The molecule has 1 atom stereocenters. The number of sulfonamides is 1. The third kappa shape index (κ3) is 5.49. The van der Waals surface area contributed by atoms with Crippen LogP contribution in [0, 0.1) is 5.92 Å². The number of hydrogen-bond acceptors (Lipinski definition) is 4. The van der Waals surface area contributed by atoms with Gasteiger partial charge in [0.15, 0.2) is 0 Å². The fraction of sp³-hybridized carbons (Fsp3) is 0.588. The van der Waals surface area contributed by atoms with Crippen LogP contribution in [0.1, 0.15) is 32.3 Å². The van der Waals surface area contributed by atoms with Crippen molar-refractivity contribution in [1.82, 2.24) is 9.62 Å². The first kappa shape index (κ1) is 18.7. The van der Waals surface area contributed by atoms with Gasteiger partial charge in [-0.25, -0.2) is 12.7 Å². The highest BCUT2D eigenvalue weighted by Crippen LogP contribution is 2.19. The van der Waals surface area contributed by atoms with Crippen LogP contribution in [0.5, 0.6) is 5.75 Å². The lowest BCUT2D eigenvalue weighted by atomic mass is 9.99. The first-order chi connectivity index (χ1) is 11.3. The Morgan fingerprint density at radius 1 is 1.33 bits per heavy atom. The van der Waals surface area contributed by atoms with Crippen molar-refractivity contribution in [2.45, 2.75) is 39.3 Å². The summed E-state index contributed by atoms with van der Waals surface area (Å²) in [6.45, 7) is 5.14. The second kappa shape index (κ2) is 7.98. The third-order valence-corrected chi connectivity index (χ3v) is 5.26. The number of benzene rings is 1. The predicted octanol–water partition coefficient (Wildman–Crippen LogP) is 1.76.